The largest absolute Gasteiger partial charge is 0.492 e. The summed E-state index contributed by atoms with van der Waals surface area (Å²) in [4.78, 5) is 11.9. The van der Waals surface area contributed by atoms with Gasteiger partial charge in [0.25, 0.3) is 0 Å². The Kier molecular flexibility index (Phi) is 4.73. The topological polar surface area (TPSA) is 56.9 Å². The molecule has 1 fully saturated rings. The van der Waals surface area contributed by atoms with Gasteiger partial charge in [-0.1, -0.05) is 17.4 Å². The second-order valence-corrected chi connectivity index (χ2v) is 9.05. The van der Waals surface area contributed by atoms with E-state index in [-0.39, 0.29) is 17.7 Å². The van der Waals surface area contributed by atoms with Gasteiger partial charge < -0.3 is 10.0 Å². The van der Waals surface area contributed by atoms with Crippen LogP contribution < -0.4 is 4.90 Å². The quantitative estimate of drug-likeness (QED) is 0.533. The predicted octanol–water partition coefficient (Wildman–Crippen LogP) is 3.92. The normalized spacial score (nSPS) is 16.6. The van der Waals surface area contributed by atoms with Crippen LogP contribution in [-0.2, 0) is 0 Å². The van der Waals surface area contributed by atoms with Gasteiger partial charge in [0, 0.05) is 36.7 Å². The molecule has 0 bridgehead atoms. The van der Waals surface area contributed by atoms with Crippen LogP contribution in [-0.4, -0.2) is 50.8 Å². The molecule has 0 amide bonds. The van der Waals surface area contributed by atoms with Crippen molar-refractivity contribution in [2.45, 2.75) is 13.0 Å². The lowest BCUT2D eigenvalue weighted by molar-refractivity contribution is 0.213. The van der Waals surface area contributed by atoms with E-state index in [4.69, 9.17) is 0 Å². The summed E-state index contributed by atoms with van der Waals surface area (Å²) in [5.74, 6) is 0.607. The Hall–Kier alpha value is -2.49. The van der Waals surface area contributed by atoms with Crippen molar-refractivity contribution in [3.63, 3.8) is 0 Å². The summed E-state index contributed by atoms with van der Waals surface area (Å²) in [6.45, 7) is 5.19. The van der Waals surface area contributed by atoms with E-state index in [1.165, 1.54) is 32.9 Å². The van der Waals surface area contributed by atoms with Crippen molar-refractivity contribution >= 4 is 33.3 Å². The molecule has 4 heterocycles. The molecule has 0 unspecified atom stereocenters. The van der Waals surface area contributed by atoms with Crippen LogP contribution in [0.1, 0.15) is 21.6 Å². The van der Waals surface area contributed by atoms with Crippen molar-refractivity contribution in [1.82, 2.24) is 19.5 Å². The summed E-state index contributed by atoms with van der Waals surface area (Å²) in [5, 5.41) is 17.2. The standard InChI is InChI=1S/C20H20FN5OS2/c1-13-22-20-26(23-13)19(27)18(29-20)17(16-3-2-12-28-16)25-10-8-24(9-11-25)15-6-4-14(21)5-7-15/h2-7,12,17,27H,8-11H2,1H3/t17-/m1/s1. The van der Waals surface area contributed by atoms with Gasteiger partial charge in [0.2, 0.25) is 10.8 Å². The Morgan fingerprint density at radius 1 is 1.10 bits per heavy atom. The maximum Gasteiger partial charge on any atom is 0.230 e. The molecular formula is C20H20FN5OS2. The Bertz CT molecular complexity index is 1110. The van der Waals surface area contributed by atoms with Gasteiger partial charge in [-0.3, -0.25) is 4.90 Å². The fourth-order valence-electron chi connectivity index (χ4n) is 3.84. The van der Waals surface area contributed by atoms with E-state index in [1.807, 2.05) is 25.1 Å². The number of halogens is 1. The first-order valence-electron chi connectivity index (χ1n) is 9.43. The highest BCUT2D eigenvalue weighted by atomic mass is 32.1. The van der Waals surface area contributed by atoms with Crippen molar-refractivity contribution in [2.24, 2.45) is 0 Å². The highest BCUT2D eigenvalue weighted by Gasteiger charge is 2.32. The minimum Gasteiger partial charge on any atom is -0.492 e. The fourth-order valence-corrected chi connectivity index (χ4v) is 5.93. The number of anilines is 1. The molecule has 0 radical (unpaired) electrons. The number of hydrogen-bond acceptors (Lipinski definition) is 7. The lowest BCUT2D eigenvalue weighted by Crippen LogP contribution is -2.47. The molecule has 9 heteroatoms. The summed E-state index contributed by atoms with van der Waals surface area (Å²) in [5.41, 5.74) is 1.04. The third-order valence-electron chi connectivity index (χ3n) is 5.24. The Labute approximate surface area is 175 Å². The zero-order valence-corrected chi connectivity index (χ0v) is 17.5. The van der Waals surface area contributed by atoms with Crippen LogP contribution in [0.15, 0.2) is 41.8 Å². The molecule has 1 N–H and O–H groups in total. The number of aromatic hydroxyl groups is 1. The van der Waals surface area contributed by atoms with Crippen LogP contribution >= 0.6 is 22.7 Å². The van der Waals surface area contributed by atoms with Gasteiger partial charge in [-0.15, -0.1) is 16.4 Å². The molecule has 1 aliphatic rings. The molecule has 3 aromatic heterocycles. The second-order valence-electron chi connectivity index (χ2n) is 7.06. The van der Waals surface area contributed by atoms with E-state index in [1.54, 1.807) is 11.3 Å². The number of rotatable bonds is 4. The summed E-state index contributed by atoms with van der Waals surface area (Å²) in [6.07, 6.45) is 0. The van der Waals surface area contributed by atoms with E-state index >= 15 is 0 Å². The third kappa shape index (κ3) is 3.39. The molecule has 1 saturated heterocycles. The van der Waals surface area contributed by atoms with Crippen LogP contribution in [0.5, 0.6) is 5.88 Å². The monoisotopic (exact) mass is 429 g/mol. The number of aryl methyl sites for hydroxylation is 1. The smallest absolute Gasteiger partial charge is 0.230 e. The first-order valence-corrected chi connectivity index (χ1v) is 11.1. The minimum absolute atomic E-state index is 0.0285. The van der Waals surface area contributed by atoms with Gasteiger partial charge in [0.1, 0.15) is 11.6 Å². The first kappa shape index (κ1) is 18.5. The molecule has 1 aliphatic heterocycles. The molecular weight excluding hydrogens is 409 g/mol. The molecule has 29 heavy (non-hydrogen) atoms. The highest BCUT2D eigenvalue weighted by molar-refractivity contribution is 7.17. The molecule has 1 aromatic carbocycles. The van der Waals surface area contributed by atoms with Crippen LogP contribution in [0, 0.1) is 12.7 Å². The van der Waals surface area contributed by atoms with Gasteiger partial charge >= 0.3 is 0 Å². The minimum atomic E-state index is -0.216. The predicted molar refractivity (Wildman–Crippen MR) is 114 cm³/mol. The molecule has 6 nitrogen and oxygen atoms in total. The maximum absolute atomic E-state index is 13.2. The van der Waals surface area contributed by atoms with Crippen LogP contribution in [0.4, 0.5) is 10.1 Å². The Morgan fingerprint density at radius 3 is 2.52 bits per heavy atom. The highest BCUT2D eigenvalue weighted by Crippen LogP contribution is 2.41. The fraction of sp³-hybridized carbons (Fsp3) is 0.300. The molecule has 4 aromatic rings. The van der Waals surface area contributed by atoms with E-state index < -0.39 is 0 Å². The van der Waals surface area contributed by atoms with Gasteiger partial charge in [0.15, 0.2) is 0 Å². The number of benzene rings is 1. The van der Waals surface area contributed by atoms with Crippen molar-refractivity contribution in [1.29, 1.82) is 0 Å². The summed E-state index contributed by atoms with van der Waals surface area (Å²) in [6, 6.07) is 10.8. The molecule has 0 saturated carbocycles. The van der Waals surface area contributed by atoms with Crippen molar-refractivity contribution < 1.29 is 9.50 Å². The van der Waals surface area contributed by atoms with E-state index in [0.717, 1.165) is 36.7 Å². The molecule has 0 aliphatic carbocycles. The average Bonchev–Trinajstić information content (AvgIpc) is 3.43. The van der Waals surface area contributed by atoms with Crippen molar-refractivity contribution in [3.8, 4) is 5.88 Å². The Balaban J connectivity index is 1.43. The number of aromatic nitrogens is 3. The summed E-state index contributed by atoms with van der Waals surface area (Å²) < 4.78 is 14.8. The lowest BCUT2D eigenvalue weighted by Gasteiger charge is -2.39. The summed E-state index contributed by atoms with van der Waals surface area (Å²) >= 11 is 3.18. The second kappa shape index (κ2) is 7.40. The molecule has 0 spiro atoms. The summed E-state index contributed by atoms with van der Waals surface area (Å²) in [7, 11) is 0. The number of piperazine rings is 1. The van der Waals surface area contributed by atoms with Crippen LogP contribution in [0.25, 0.3) is 4.96 Å². The van der Waals surface area contributed by atoms with E-state index in [9.17, 15) is 9.50 Å². The van der Waals surface area contributed by atoms with Gasteiger partial charge in [-0.05, 0) is 42.6 Å². The van der Waals surface area contributed by atoms with Gasteiger partial charge in [-0.2, -0.15) is 4.52 Å². The zero-order valence-electron chi connectivity index (χ0n) is 15.8. The average molecular weight is 430 g/mol. The van der Waals surface area contributed by atoms with Crippen molar-refractivity contribution in [3.05, 3.63) is 63.2 Å². The van der Waals surface area contributed by atoms with E-state index in [0.29, 0.717) is 10.8 Å². The third-order valence-corrected chi connectivity index (χ3v) is 7.24. The first-order chi connectivity index (χ1) is 14.1. The number of fused-ring (bicyclic) bond motifs is 1. The van der Waals surface area contributed by atoms with Crippen LogP contribution in [0.3, 0.4) is 0 Å². The lowest BCUT2D eigenvalue weighted by atomic mass is 10.1. The van der Waals surface area contributed by atoms with Crippen molar-refractivity contribution in [2.75, 3.05) is 31.1 Å². The number of thiazole rings is 1. The SMILES string of the molecule is Cc1nc2sc([C@@H](c3cccs3)N3CCN(c4ccc(F)cc4)CC3)c(O)n2n1. The number of hydrogen-bond donors (Lipinski definition) is 1. The molecule has 5 rings (SSSR count). The maximum atomic E-state index is 13.2. The van der Waals surface area contributed by atoms with Crippen LogP contribution in [0.2, 0.25) is 0 Å². The molecule has 150 valence electrons. The zero-order chi connectivity index (χ0) is 20.0. The Morgan fingerprint density at radius 2 is 1.86 bits per heavy atom. The van der Waals surface area contributed by atoms with Gasteiger partial charge in [0.05, 0.1) is 10.9 Å². The number of nitrogens with zero attached hydrogens (tertiary/aromatic N) is 5. The molecule has 1 atom stereocenters. The number of thiophene rings is 1. The van der Waals surface area contributed by atoms with E-state index in [2.05, 4.69) is 31.3 Å². The van der Waals surface area contributed by atoms with Gasteiger partial charge in [-0.25, -0.2) is 9.37 Å².